The van der Waals surface area contributed by atoms with Gasteiger partial charge in [-0.3, -0.25) is 9.05 Å². The second kappa shape index (κ2) is 1.29. The Morgan fingerprint density at radius 1 is 1.71 bits per heavy atom. The minimum atomic E-state index is -3.02. The van der Waals surface area contributed by atoms with Gasteiger partial charge in [0.1, 0.15) is 0 Å². The second-order valence-electron chi connectivity index (χ2n) is 1.32. The Labute approximate surface area is 41.2 Å². The molecule has 1 fully saturated rings. The molecule has 4 nitrogen and oxygen atoms in total. The van der Waals surface area contributed by atoms with Crippen molar-refractivity contribution in [2.45, 2.75) is 13.2 Å². The topological polar surface area (TPSA) is 61.5 Å². The van der Waals surface area contributed by atoms with Gasteiger partial charge in [0.15, 0.2) is 6.29 Å². The van der Waals surface area contributed by atoms with Gasteiger partial charge in [0, 0.05) is 0 Å². The molecule has 1 heterocycles. The van der Waals surface area contributed by atoms with E-state index in [1.807, 2.05) is 0 Å². The summed E-state index contributed by atoms with van der Waals surface area (Å²) >= 11 is 0. The Hall–Kier alpha value is 0.110. The fraction of sp³-hybridized carbons (Fsp3) is 1.00. The Kier molecular flexibility index (Phi) is 0.970. The van der Waals surface area contributed by atoms with Crippen molar-refractivity contribution in [1.82, 2.24) is 0 Å². The number of rotatable bonds is 0. The SMILES string of the molecule is CC1OP(N)(=O)O1. The van der Waals surface area contributed by atoms with Crippen molar-refractivity contribution in [3.63, 3.8) is 0 Å². The van der Waals surface area contributed by atoms with Crippen molar-refractivity contribution < 1.29 is 13.6 Å². The van der Waals surface area contributed by atoms with Crippen LogP contribution in [0.4, 0.5) is 0 Å². The zero-order valence-electron chi connectivity index (χ0n) is 3.83. The summed E-state index contributed by atoms with van der Waals surface area (Å²) in [6.45, 7) is 1.63. The van der Waals surface area contributed by atoms with Gasteiger partial charge in [-0.2, -0.15) is 0 Å². The van der Waals surface area contributed by atoms with E-state index >= 15 is 0 Å². The average Bonchev–Trinajstić information content (AvgIpc) is 1.27. The standard InChI is InChI=1S/C2H6NO3P/c1-2-5-7(3,4)6-2/h2H,1H3,(H2,3,4). The highest BCUT2D eigenvalue weighted by Gasteiger charge is 2.35. The van der Waals surface area contributed by atoms with E-state index in [0.29, 0.717) is 0 Å². The van der Waals surface area contributed by atoms with Gasteiger partial charge in [-0.15, -0.1) is 0 Å². The quantitative estimate of drug-likeness (QED) is 0.475. The molecule has 0 aromatic rings. The Morgan fingerprint density at radius 2 is 2.14 bits per heavy atom. The molecule has 0 atom stereocenters. The summed E-state index contributed by atoms with van der Waals surface area (Å²) in [6, 6.07) is 0. The first-order valence-electron chi connectivity index (χ1n) is 1.85. The first-order chi connectivity index (χ1) is 3.10. The van der Waals surface area contributed by atoms with Crippen molar-refractivity contribution in [2.75, 3.05) is 0 Å². The van der Waals surface area contributed by atoms with Crippen LogP contribution in [-0.2, 0) is 13.6 Å². The molecule has 0 aromatic carbocycles. The molecule has 5 heteroatoms. The molecule has 0 aliphatic carbocycles. The van der Waals surface area contributed by atoms with Crippen molar-refractivity contribution in [2.24, 2.45) is 5.50 Å². The first kappa shape index (κ1) is 5.25. The summed E-state index contributed by atoms with van der Waals surface area (Å²) in [5.41, 5.74) is 4.82. The number of nitrogens with two attached hydrogens (primary N) is 1. The van der Waals surface area contributed by atoms with Gasteiger partial charge in [-0.25, -0.2) is 10.1 Å². The van der Waals surface area contributed by atoms with E-state index in [2.05, 4.69) is 9.05 Å². The molecule has 2 N–H and O–H groups in total. The first-order valence-corrected chi connectivity index (χ1v) is 3.47. The molecule has 1 aliphatic heterocycles. The summed E-state index contributed by atoms with van der Waals surface area (Å²) in [7, 11) is -3.02. The maximum atomic E-state index is 10.2. The molecule has 0 unspecified atom stereocenters. The highest BCUT2D eigenvalue weighted by atomic mass is 31.2. The molecular formula is C2H6NO3P. The van der Waals surface area contributed by atoms with E-state index in [0.717, 1.165) is 0 Å². The molecule has 1 aliphatic rings. The van der Waals surface area contributed by atoms with E-state index in [1.54, 1.807) is 6.92 Å². The van der Waals surface area contributed by atoms with Crippen LogP contribution in [0.1, 0.15) is 6.92 Å². The molecule has 0 bridgehead atoms. The van der Waals surface area contributed by atoms with Gasteiger partial charge in [0.2, 0.25) is 0 Å². The minimum Gasteiger partial charge on any atom is -0.266 e. The van der Waals surface area contributed by atoms with Gasteiger partial charge in [0.05, 0.1) is 0 Å². The smallest absolute Gasteiger partial charge is 0.266 e. The molecule has 0 amide bonds. The van der Waals surface area contributed by atoms with Crippen LogP contribution >= 0.6 is 7.75 Å². The minimum absolute atomic E-state index is 0.379. The second-order valence-corrected chi connectivity index (χ2v) is 2.82. The van der Waals surface area contributed by atoms with Gasteiger partial charge in [-0.05, 0) is 6.92 Å². The molecule has 0 saturated carbocycles. The summed E-state index contributed by atoms with van der Waals surface area (Å²) < 4.78 is 19.1. The van der Waals surface area contributed by atoms with E-state index in [9.17, 15) is 4.57 Å². The number of hydrogen-bond donors (Lipinski definition) is 1. The lowest BCUT2D eigenvalue weighted by atomic mass is 10.8. The van der Waals surface area contributed by atoms with Gasteiger partial charge >= 0.3 is 7.75 Å². The molecular weight excluding hydrogens is 117 g/mol. The van der Waals surface area contributed by atoms with Crippen LogP contribution in [0, 0.1) is 0 Å². The van der Waals surface area contributed by atoms with Crippen molar-refractivity contribution in [3.8, 4) is 0 Å². The fourth-order valence-electron chi connectivity index (χ4n) is 0.422. The van der Waals surface area contributed by atoms with Crippen LogP contribution < -0.4 is 5.50 Å². The van der Waals surface area contributed by atoms with Crippen molar-refractivity contribution in [1.29, 1.82) is 0 Å². The maximum absolute atomic E-state index is 10.2. The van der Waals surface area contributed by atoms with E-state index < -0.39 is 7.75 Å². The van der Waals surface area contributed by atoms with Crippen LogP contribution in [0.15, 0.2) is 0 Å². The van der Waals surface area contributed by atoms with Crippen LogP contribution in [0.2, 0.25) is 0 Å². The molecule has 1 rings (SSSR count). The number of hydrogen-bond acceptors (Lipinski definition) is 3. The molecule has 0 radical (unpaired) electrons. The lowest BCUT2D eigenvalue weighted by Crippen LogP contribution is -2.25. The van der Waals surface area contributed by atoms with Crippen molar-refractivity contribution in [3.05, 3.63) is 0 Å². The molecule has 0 aromatic heterocycles. The molecule has 42 valence electrons. The Balaban J connectivity index is 2.44. The maximum Gasteiger partial charge on any atom is 0.407 e. The van der Waals surface area contributed by atoms with E-state index in [4.69, 9.17) is 5.50 Å². The highest BCUT2D eigenvalue weighted by Crippen LogP contribution is 2.51. The van der Waals surface area contributed by atoms with Crippen LogP contribution in [0.25, 0.3) is 0 Å². The third kappa shape index (κ3) is 1.01. The average molecular weight is 123 g/mol. The predicted octanol–water partition coefficient (Wildman–Crippen LogP) is 0.446. The highest BCUT2D eigenvalue weighted by molar-refractivity contribution is 7.52. The summed E-state index contributed by atoms with van der Waals surface area (Å²) in [4.78, 5) is 0. The van der Waals surface area contributed by atoms with Crippen LogP contribution in [0.5, 0.6) is 0 Å². The predicted molar refractivity (Wildman–Crippen MR) is 23.4 cm³/mol. The van der Waals surface area contributed by atoms with E-state index in [1.165, 1.54) is 0 Å². The third-order valence-electron chi connectivity index (χ3n) is 0.591. The van der Waals surface area contributed by atoms with Crippen LogP contribution in [0.3, 0.4) is 0 Å². The summed E-state index contributed by atoms with van der Waals surface area (Å²) in [5.74, 6) is 0. The van der Waals surface area contributed by atoms with Crippen molar-refractivity contribution >= 4 is 7.75 Å². The zero-order valence-corrected chi connectivity index (χ0v) is 4.72. The lowest BCUT2D eigenvalue weighted by Gasteiger charge is -2.28. The largest absolute Gasteiger partial charge is 0.407 e. The summed E-state index contributed by atoms with van der Waals surface area (Å²) in [5, 5.41) is 0. The monoisotopic (exact) mass is 123 g/mol. The fourth-order valence-corrected chi connectivity index (χ4v) is 1.27. The lowest BCUT2D eigenvalue weighted by molar-refractivity contribution is -0.0769. The van der Waals surface area contributed by atoms with Gasteiger partial charge in [-0.1, -0.05) is 0 Å². The molecule has 7 heavy (non-hydrogen) atoms. The Bertz CT molecular complexity index is 114. The zero-order chi connectivity index (χ0) is 5.49. The van der Waals surface area contributed by atoms with Crippen LogP contribution in [-0.4, -0.2) is 6.29 Å². The Morgan fingerprint density at radius 3 is 2.14 bits per heavy atom. The van der Waals surface area contributed by atoms with E-state index in [-0.39, 0.29) is 6.29 Å². The van der Waals surface area contributed by atoms with Gasteiger partial charge < -0.3 is 0 Å². The molecule has 1 saturated heterocycles. The normalized spacial score (nSPS) is 50.9. The third-order valence-corrected chi connectivity index (χ3v) is 1.77. The molecule has 0 spiro atoms. The van der Waals surface area contributed by atoms with Gasteiger partial charge in [0.25, 0.3) is 0 Å². The summed E-state index contributed by atoms with van der Waals surface area (Å²) in [6.07, 6.45) is -0.379.